The summed E-state index contributed by atoms with van der Waals surface area (Å²) < 4.78 is 37.2. The average molecular weight is 303 g/mol. The van der Waals surface area contributed by atoms with Gasteiger partial charge in [0, 0.05) is 18.7 Å². The van der Waals surface area contributed by atoms with Crippen LogP contribution in [-0.2, 0) is 0 Å². The Bertz CT molecular complexity index is 508. The van der Waals surface area contributed by atoms with Crippen LogP contribution in [0.3, 0.4) is 0 Å². The minimum atomic E-state index is -4.22. The van der Waals surface area contributed by atoms with Gasteiger partial charge in [-0.05, 0) is 25.5 Å². The van der Waals surface area contributed by atoms with E-state index in [1.54, 1.807) is 18.2 Å². The summed E-state index contributed by atoms with van der Waals surface area (Å²) in [6.45, 7) is -0.317. The van der Waals surface area contributed by atoms with Crippen LogP contribution in [-0.4, -0.2) is 41.7 Å². The van der Waals surface area contributed by atoms with Crippen molar-refractivity contribution in [2.45, 2.75) is 25.1 Å². The van der Waals surface area contributed by atoms with Crippen LogP contribution in [0.5, 0.6) is 0 Å². The first kappa shape index (κ1) is 15.6. The Morgan fingerprint density at radius 1 is 1.38 bits per heavy atom. The van der Waals surface area contributed by atoms with Gasteiger partial charge in [-0.3, -0.25) is 15.0 Å². The summed E-state index contributed by atoms with van der Waals surface area (Å²) >= 11 is 0. The van der Waals surface area contributed by atoms with Gasteiger partial charge in [-0.1, -0.05) is 12.1 Å². The maximum atomic E-state index is 12.4. The second-order valence-electron chi connectivity index (χ2n) is 5.11. The van der Waals surface area contributed by atoms with E-state index in [1.807, 2.05) is 0 Å². The fraction of sp³-hybridized carbons (Fsp3) is 0.538. The number of nitrogens with zero attached hydrogens (tertiary/aromatic N) is 2. The number of likely N-dealkylation sites (tertiary alicyclic amines) is 1. The number of benzene rings is 1. The highest BCUT2D eigenvalue weighted by atomic mass is 19.4. The second-order valence-corrected chi connectivity index (χ2v) is 5.11. The van der Waals surface area contributed by atoms with Gasteiger partial charge in [0.25, 0.3) is 5.69 Å². The zero-order valence-electron chi connectivity index (χ0n) is 11.3. The monoisotopic (exact) mass is 303 g/mol. The molecule has 0 radical (unpaired) electrons. The molecule has 1 saturated heterocycles. The van der Waals surface area contributed by atoms with Crippen LogP contribution in [0.15, 0.2) is 24.3 Å². The number of anilines is 1. The zero-order chi connectivity index (χ0) is 15.5. The van der Waals surface area contributed by atoms with Crippen molar-refractivity contribution in [3.63, 3.8) is 0 Å². The first-order valence-corrected chi connectivity index (χ1v) is 6.64. The first-order chi connectivity index (χ1) is 9.85. The highest BCUT2D eigenvalue weighted by molar-refractivity contribution is 5.61. The van der Waals surface area contributed by atoms with E-state index in [0.717, 1.165) is 0 Å². The van der Waals surface area contributed by atoms with E-state index in [4.69, 9.17) is 0 Å². The molecule has 2 rings (SSSR count). The Kier molecular flexibility index (Phi) is 4.66. The number of nitro groups is 1. The molecule has 1 heterocycles. The van der Waals surface area contributed by atoms with E-state index < -0.39 is 17.6 Å². The van der Waals surface area contributed by atoms with Gasteiger partial charge < -0.3 is 5.32 Å². The molecule has 0 bridgehead atoms. The normalized spacial score (nSPS) is 20.2. The van der Waals surface area contributed by atoms with Crippen LogP contribution in [0.1, 0.15) is 12.8 Å². The van der Waals surface area contributed by atoms with Crippen molar-refractivity contribution in [2.24, 2.45) is 0 Å². The third-order valence-electron chi connectivity index (χ3n) is 3.37. The van der Waals surface area contributed by atoms with Crippen LogP contribution < -0.4 is 5.32 Å². The Balaban J connectivity index is 2.01. The highest BCUT2D eigenvalue weighted by Gasteiger charge is 2.33. The van der Waals surface area contributed by atoms with Crippen LogP contribution >= 0.6 is 0 Å². The van der Waals surface area contributed by atoms with Gasteiger partial charge in [0.1, 0.15) is 5.69 Å². The Morgan fingerprint density at radius 2 is 2.10 bits per heavy atom. The zero-order valence-corrected chi connectivity index (χ0v) is 11.3. The van der Waals surface area contributed by atoms with Crippen molar-refractivity contribution >= 4 is 11.4 Å². The minimum absolute atomic E-state index is 0.0644. The molecule has 1 atom stereocenters. The average Bonchev–Trinajstić information content (AvgIpc) is 2.37. The maximum absolute atomic E-state index is 12.4. The molecule has 1 aliphatic heterocycles. The highest BCUT2D eigenvalue weighted by Crippen LogP contribution is 2.26. The third-order valence-corrected chi connectivity index (χ3v) is 3.37. The number of nitrogens with one attached hydrogen (secondary N) is 1. The molecule has 0 saturated carbocycles. The lowest BCUT2D eigenvalue weighted by Gasteiger charge is -2.33. The molecule has 1 aliphatic rings. The predicted octanol–water partition coefficient (Wildman–Crippen LogP) is 3.03. The Morgan fingerprint density at radius 3 is 2.76 bits per heavy atom. The molecule has 1 N–H and O–H groups in total. The van der Waals surface area contributed by atoms with Gasteiger partial charge in [0.15, 0.2) is 0 Å². The predicted molar refractivity (Wildman–Crippen MR) is 72.2 cm³/mol. The van der Waals surface area contributed by atoms with Crippen LogP contribution in [0.25, 0.3) is 0 Å². The van der Waals surface area contributed by atoms with Crippen molar-refractivity contribution in [2.75, 3.05) is 25.0 Å². The number of hydrogen-bond donors (Lipinski definition) is 1. The molecule has 116 valence electrons. The molecule has 8 heteroatoms. The second kappa shape index (κ2) is 6.30. The fourth-order valence-corrected chi connectivity index (χ4v) is 2.55. The molecular weight excluding hydrogens is 287 g/mol. The lowest BCUT2D eigenvalue weighted by molar-refractivity contribution is -0.384. The largest absolute Gasteiger partial charge is 0.401 e. The molecule has 0 aliphatic carbocycles. The molecule has 21 heavy (non-hydrogen) atoms. The summed E-state index contributed by atoms with van der Waals surface area (Å²) in [5, 5.41) is 13.9. The van der Waals surface area contributed by atoms with Gasteiger partial charge in [-0.2, -0.15) is 13.2 Å². The number of piperidine rings is 1. The molecule has 0 spiro atoms. The number of halogens is 3. The summed E-state index contributed by atoms with van der Waals surface area (Å²) in [6.07, 6.45) is -2.89. The molecule has 1 aromatic rings. The van der Waals surface area contributed by atoms with E-state index in [2.05, 4.69) is 5.32 Å². The van der Waals surface area contributed by atoms with E-state index >= 15 is 0 Å². The lowest BCUT2D eigenvalue weighted by atomic mass is 10.1. The number of nitro benzene ring substituents is 1. The fourth-order valence-electron chi connectivity index (χ4n) is 2.55. The summed E-state index contributed by atoms with van der Waals surface area (Å²) in [4.78, 5) is 11.7. The van der Waals surface area contributed by atoms with Crippen LogP contribution in [0.4, 0.5) is 24.5 Å². The SMILES string of the molecule is O=[N+]([O-])c1ccccc1NC1CCCN(CC(F)(F)F)C1. The van der Waals surface area contributed by atoms with Gasteiger partial charge in [-0.25, -0.2) is 0 Å². The van der Waals surface area contributed by atoms with E-state index in [1.165, 1.54) is 11.0 Å². The summed E-state index contributed by atoms with van der Waals surface area (Å²) in [5.41, 5.74) is 0.284. The summed E-state index contributed by atoms with van der Waals surface area (Å²) in [5.74, 6) is 0. The Hall–Kier alpha value is -1.83. The molecule has 1 unspecified atom stereocenters. The van der Waals surface area contributed by atoms with E-state index in [9.17, 15) is 23.3 Å². The van der Waals surface area contributed by atoms with Crippen molar-refractivity contribution in [3.05, 3.63) is 34.4 Å². The quantitative estimate of drug-likeness (QED) is 0.686. The maximum Gasteiger partial charge on any atom is 0.401 e. The standard InChI is InChI=1S/C13H16F3N3O2/c14-13(15,16)9-18-7-3-4-10(8-18)17-11-5-1-2-6-12(11)19(20)21/h1-2,5-6,10,17H,3-4,7-9H2. The van der Waals surface area contributed by atoms with Crippen molar-refractivity contribution < 1.29 is 18.1 Å². The number of para-hydroxylation sites is 2. The molecule has 1 fully saturated rings. The smallest absolute Gasteiger partial charge is 0.375 e. The van der Waals surface area contributed by atoms with Crippen LogP contribution in [0, 0.1) is 10.1 Å². The topological polar surface area (TPSA) is 58.4 Å². The minimum Gasteiger partial charge on any atom is -0.375 e. The van der Waals surface area contributed by atoms with Gasteiger partial charge in [-0.15, -0.1) is 0 Å². The molecule has 0 amide bonds. The van der Waals surface area contributed by atoms with Gasteiger partial charge >= 0.3 is 6.18 Å². The molecular formula is C13H16F3N3O2. The number of alkyl halides is 3. The number of hydrogen-bond acceptors (Lipinski definition) is 4. The first-order valence-electron chi connectivity index (χ1n) is 6.64. The number of rotatable bonds is 4. The lowest BCUT2D eigenvalue weighted by Crippen LogP contribution is -2.45. The van der Waals surface area contributed by atoms with Crippen molar-refractivity contribution in [1.29, 1.82) is 0 Å². The van der Waals surface area contributed by atoms with Gasteiger partial charge in [0.2, 0.25) is 0 Å². The molecule has 1 aromatic carbocycles. The van der Waals surface area contributed by atoms with Crippen LogP contribution in [0.2, 0.25) is 0 Å². The molecule has 5 nitrogen and oxygen atoms in total. The summed E-state index contributed by atoms with van der Waals surface area (Å²) in [7, 11) is 0. The van der Waals surface area contributed by atoms with Crippen molar-refractivity contribution in [1.82, 2.24) is 4.90 Å². The Labute approximate surface area is 119 Å². The van der Waals surface area contributed by atoms with E-state index in [-0.39, 0.29) is 18.3 Å². The third kappa shape index (κ3) is 4.59. The van der Waals surface area contributed by atoms with Gasteiger partial charge in [0.05, 0.1) is 11.5 Å². The summed E-state index contributed by atoms with van der Waals surface area (Å²) in [6, 6.07) is 5.94. The van der Waals surface area contributed by atoms with E-state index in [0.29, 0.717) is 25.1 Å². The van der Waals surface area contributed by atoms with Crippen molar-refractivity contribution in [3.8, 4) is 0 Å². The molecule has 0 aromatic heterocycles.